The van der Waals surface area contributed by atoms with Gasteiger partial charge in [0.1, 0.15) is 0 Å². The summed E-state index contributed by atoms with van der Waals surface area (Å²) >= 11 is 1.43. The van der Waals surface area contributed by atoms with Crippen molar-refractivity contribution in [3.63, 3.8) is 0 Å². The number of nitrogens with one attached hydrogen (secondary N) is 2. The van der Waals surface area contributed by atoms with Gasteiger partial charge in [0.2, 0.25) is 0 Å². The molecule has 0 spiro atoms. The zero-order valence-corrected chi connectivity index (χ0v) is 11.8. The molecule has 21 heavy (non-hydrogen) atoms. The number of rotatable bonds is 3. The molecule has 0 saturated carbocycles. The van der Waals surface area contributed by atoms with Crippen molar-refractivity contribution in [1.29, 1.82) is 0 Å². The molecule has 3 rings (SSSR count). The van der Waals surface area contributed by atoms with Gasteiger partial charge in [-0.15, -0.1) is 0 Å². The standard InChI is InChI=1S/C15H12N4OS/c20-14(18-12-7-4-8-16-9-12)19-15-17-10-13(21-15)11-5-2-1-3-6-11/h1-10H,(H2,17,18,19,20). The fourth-order valence-corrected chi connectivity index (χ4v) is 2.58. The first-order chi connectivity index (χ1) is 10.3. The van der Waals surface area contributed by atoms with Gasteiger partial charge in [0, 0.05) is 12.4 Å². The maximum Gasteiger partial charge on any atom is 0.325 e. The molecule has 0 radical (unpaired) electrons. The molecule has 0 aliphatic heterocycles. The van der Waals surface area contributed by atoms with Crippen molar-refractivity contribution in [3.05, 3.63) is 61.1 Å². The van der Waals surface area contributed by atoms with Crippen LogP contribution in [-0.2, 0) is 0 Å². The molecule has 2 amide bonds. The van der Waals surface area contributed by atoms with Gasteiger partial charge in [-0.25, -0.2) is 9.78 Å². The van der Waals surface area contributed by atoms with Gasteiger partial charge in [-0.05, 0) is 17.7 Å². The molecule has 0 saturated heterocycles. The Balaban J connectivity index is 1.66. The molecule has 1 aromatic carbocycles. The first kappa shape index (κ1) is 13.3. The number of carbonyl (C=O) groups is 1. The topological polar surface area (TPSA) is 66.9 Å². The minimum Gasteiger partial charge on any atom is -0.306 e. The number of urea groups is 1. The molecule has 6 heteroatoms. The maximum atomic E-state index is 11.8. The van der Waals surface area contributed by atoms with Crippen LogP contribution < -0.4 is 10.6 Å². The number of thiazole rings is 1. The predicted octanol–water partition coefficient (Wildman–Crippen LogP) is 3.85. The lowest BCUT2D eigenvalue weighted by atomic mass is 10.2. The number of carbonyl (C=O) groups excluding carboxylic acids is 1. The summed E-state index contributed by atoms with van der Waals surface area (Å²) in [6.45, 7) is 0. The van der Waals surface area contributed by atoms with E-state index in [2.05, 4.69) is 20.6 Å². The molecule has 2 aromatic heterocycles. The highest BCUT2D eigenvalue weighted by molar-refractivity contribution is 7.19. The molecular weight excluding hydrogens is 284 g/mol. The number of hydrogen-bond donors (Lipinski definition) is 2. The average Bonchev–Trinajstić information content (AvgIpc) is 2.97. The van der Waals surface area contributed by atoms with Crippen LogP contribution in [0.2, 0.25) is 0 Å². The van der Waals surface area contributed by atoms with Gasteiger partial charge in [0.05, 0.1) is 16.8 Å². The molecule has 0 aliphatic carbocycles. The highest BCUT2D eigenvalue weighted by Gasteiger charge is 2.07. The molecule has 0 unspecified atom stereocenters. The van der Waals surface area contributed by atoms with Crippen LogP contribution in [-0.4, -0.2) is 16.0 Å². The molecule has 2 N–H and O–H groups in total. The van der Waals surface area contributed by atoms with Crippen LogP contribution in [0.3, 0.4) is 0 Å². The third-order valence-electron chi connectivity index (χ3n) is 2.70. The predicted molar refractivity (Wildman–Crippen MR) is 84.4 cm³/mol. The lowest BCUT2D eigenvalue weighted by Gasteiger charge is -2.03. The first-order valence-electron chi connectivity index (χ1n) is 6.30. The largest absolute Gasteiger partial charge is 0.325 e. The Morgan fingerprint density at radius 1 is 1.00 bits per heavy atom. The van der Waals surface area contributed by atoms with E-state index in [1.54, 1.807) is 30.7 Å². The Kier molecular flexibility index (Phi) is 3.88. The SMILES string of the molecule is O=C(Nc1cccnc1)Nc1ncc(-c2ccccc2)s1. The van der Waals surface area contributed by atoms with Gasteiger partial charge in [-0.3, -0.25) is 10.3 Å². The van der Waals surface area contributed by atoms with Crippen molar-refractivity contribution >= 4 is 28.2 Å². The summed E-state index contributed by atoms with van der Waals surface area (Å²) in [5.74, 6) is 0. The van der Waals surface area contributed by atoms with E-state index in [1.807, 2.05) is 30.3 Å². The normalized spacial score (nSPS) is 10.1. The molecule has 0 bridgehead atoms. The zero-order chi connectivity index (χ0) is 14.5. The average molecular weight is 296 g/mol. The highest BCUT2D eigenvalue weighted by Crippen LogP contribution is 2.28. The second-order valence-corrected chi connectivity index (χ2v) is 5.25. The number of benzene rings is 1. The Bertz CT molecular complexity index is 728. The van der Waals surface area contributed by atoms with Crippen LogP contribution in [0, 0.1) is 0 Å². The van der Waals surface area contributed by atoms with Crippen molar-refractivity contribution in [1.82, 2.24) is 9.97 Å². The van der Waals surface area contributed by atoms with Crippen LogP contribution in [0.5, 0.6) is 0 Å². The summed E-state index contributed by atoms with van der Waals surface area (Å²) in [4.78, 5) is 21.0. The smallest absolute Gasteiger partial charge is 0.306 e. The zero-order valence-electron chi connectivity index (χ0n) is 11.0. The van der Waals surface area contributed by atoms with E-state index < -0.39 is 0 Å². The van der Waals surface area contributed by atoms with Gasteiger partial charge in [0.15, 0.2) is 5.13 Å². The second kappa shape index (κ2) is 6.15. The van der Waals surface area contributed by atoms with E-state index in [0.717, 1.165) is 10.4 Å². The van der Waals surface area contributed by atoms with E-state index in [0.29, 0.717) is 10.8 Å². The lowest BCUT2D eigenvalue weighted by molar-refractivity contribution is 0.262. The molecular formula is C15H12N4OS. The Labute approximate surface area is 125 Å². The van der Waals surface area contributed by atoms with Crippen molar-refractivity contribution in [3.8, 4) is 10.4 Å². The van der Waals surface area contributed by atoms with Crippen molar-refractivity contribution < 1.29 is 4.79 Å². The molecule has 0 aliphatic rings. The van der Waals surface area contributed by atoms with E-state index >= 15 is 0 Å². The molecule has 5 nitrogen and oxygen atoms in total. The summed E-state index contributed by atoms with van der Waals surface area (Å²) in [6.07, 6.45) is 4.98. The van der Waals surface area contributed by atoms with E-state index in [1.165, 1.54) is 11.3 Å². The fourth-order valence-electron chi connectivity index (χ4n) is 1.76. The van der Waals surface area contributed by atoms with E-state index in [-0.39, 0.29) is 6.03 Å². The van der Waals surface area contributed by atoms with Gasteiger partial charge >= 0.3 is 6.03 Å². The minimum atomic E-state index is -0.336. The summed E-state index contributed by atoms with van der Waals surface area (Å²) < 4.78 is 0. The van der Waals surface area contributed by atoms with Crippen LogP contribution >= 0.6 is 11.3 Å². The lowest BCUT2D eigenvalue weighted by Crippen LogP contribution is -2.19. The quantitative estimate of drug-likeness (QED) is 0.771. The number of nitrogens with zero attached hydrogens (tertiary/aromatic N) is 2. The third kappa shape index (κ3) is 3.43. The number of anilines is 2. The molecule has 0 fully saturated rings. The van der Waals surface area contributed by atoms with Crippen molar-refractivity contribution in [2.24, 2.45) is 0 Å². The number of hydrogen-bond acceptors (Lipinski definition) is 4. The minimum absolute atomic E-state index is 0.336. The summed E-state index contributed by atoms with van der Waals surface area (Å²) in [6, 6.07) is 13.1. The molecule has 2 heterocycles. The summed E-state index contributed by atoms with van der Waals surface area (Å²) in [5, 5.41) is 5.95. The van der Waals surface area contributed by atoms with Gasteiger partial charge < -0.3 is 5.32 Å². The highest BCUT2D eigenvalue weighted by atomic mass is 32.1. The Morgan fingerprint density at radius 3 is 2.62 bits per heavy atom. The molecule has 3 aromatic rings. The first-order valence-corrected chi connectivity index (χ1v) is 7.12. The van der Waals surface area contributed by atoms with Gasteiger partial charge in [0.25, 0.3) is 0 Å². The monoisotopic (exact) mass is 296 g/mol. The van der Waals surface area contributed by atoms with E-state index in [4.69, 9.17) is 0 Å². The van der Waals surface area contributed by atoms with Crippen molar-refractivity contribution in [2.45, 2.75) is 0 Å². The third-order valence-corrected chi connectivity index (χ3v) is 3.67. The van der Waals surface area contributed by atoms with Crippen LogP contribution in [0.25, 0.3) is 10.4 Å². The number of amides is 2. The second-order valence-electron chi connectivity index (χ2n) is 4.22. The molecule has 104 valence electrons. The fraction of sp³-hybridized carbons (Fsp3) is 0. The number of pyridine rings is 1. The van der Waals surface area contributed by atoms with Crippen LogP contribution in [0.15, 0.2) is 61.1 Å². The van der Waals surface area contributed by atoms with Gasteiger partial charge in [-0.1, -0.05) is 41.7 Å². The maximum absolute atomic E-state index is 11.8. The Morgan fingerprint density at radius 2 is 1.86 bits per heavy atom. The Hall–Kier alpha value is -2.73. The number of aromatic nitrogens is 2. The van der Waals surface area contributed by atoms with Crippen LogP contribution in [0.4, 0.5) is 15.6 Å². The van der Waals surface area contributed by atoms with Gasteiger partial charge in [-0.2, -0.15) is 0 Å². The summed E-state index contributed by atoms with van der Waals surface area (Å²) in [7, 11) is 0. The van der Waals surface area contributed by atoms with Crippen molar-refractivity contribution in [2.75, 3.05) is 10.6 Å². The van der Waals surface area contributed by atoms with E-state index in [9.17, 15) is 4.79 Å². The summed E-state index contributed by atoms with van der Waals surface area (Å²) in [5.41, 5.74) is 1.71. The molecule has 0 atom stereocenters. The van der Waals surface area contributed by atoms with Crippen LogP contribution in [0.1, 0.15) is 0 Å².